The molecule has 0 bridgehead atoms. The third kappa shape index (κ3) is 3.49. The fourth-order valence-electron chi connectivity index (χ4n) is 2.38. The van der Waals surface area contributed by atoms with Gasteiger partial charge in [-0.25, -0.2) is 4.98 Å². The Bertz CT molecular complexity index is 451. The number of ether oxygens (including phenoxy) is 1. The maximum atomic E-state index is 12.3. The molecule has 0 aliphatic heterocycles. The number of carbonyl (C=O) groups is 1. The molecule has 0 spiro atoms. The predicted molar refractivity (Wildman–Crippen MR) is 78.5 cm³/mol. The van der Waals surface area contributed by atoms with E-state index in [1.807, 2.05) is 13.8 Å². The molecule has 1 aliphatic carbocycles. The Morgan fingerprint density at radius 3 is 2.80 bits per heavy atom. The van der Waals surface area contributed by atoms with E-state index in [4.69, 9.17) is 4.74 Å². The second kappa shape index (κ2) is 6.54. The molecule has 0 amide bonds. The van der Waals surface area contributed by atoms with Gasteiger partial charge in [0.05, 0.1) is 13.3 Å². The lowest BCUT2D eigenvalue weighted by atomic mass is 9.94. The van der Waals surface area contributed by atoms with Crippen LogP contribution >= 0.6 is 11.8 Å². The summed E-state index contributed by atoms with van der Waals surface area (Å²) in [6.45, 7) is 4.10. The Morgan fingerprint density at radius 1 is 1.55 bits per heavy atom. The highest BCUT2D eigenvalue weighted by atomic mass is 32.2. The van der Waals surface area contributed by atoms with E-state index < -0.39 is 5.54 Å². The quantitative estimate of drug-likeness (QED) is 0.612. The molecule has 1 atom stereocenters. The van der Waals surface area contributed by atoms with Crippen molar-refractivity contribution in [3.8, 4) is 0 Å². The molecule has 0 saturated heterocycles. The minimum atomic E-state index is -0.620. The topological polar surface area (TPSA) is 64.1 Å². The summed E-state index contributed by atoms with van der Waals surface area (Å²) in [4.78, 5) is 20.6. The van der Waals surface area contributed by atoms with Crippen LogP contribution in [0.4, 0.5) is 0 Å². The van der Waals surface area contributed by atoms with Crippen LogP contribution in [0.25, 0.3) is 0 Å². The van der Waals surface area contributed by atoms with Gasteiger partial charge in [0.25, 0.3) is 0 Å². The lowest BCUT2D eigenvalue weighted by molar-refractivity contribution is -0.148. The summed E-state index contributed by atoms with van der Waals surface area (Å²) in [5.41, 5.74) is -0.620. The zero-order valence-electron chi connectivity index (χ0n) is 12.1. The van der Waals surface area contributed by atoms with Crippen LogP contribution in [0.2, 0.25) is 0 Å². The highest BCUT2D eigenvalue weighted by molar-refractivity contribution is 7.99. The number of hydrogen-bond donors (Lipinski definition) is 1. The van der Waals surface area contributed by atoms with Gasteiger partial charge in [-0.3, -0.25) is 15.1 Å². The molecule has 1 N–H and O–H groups in total. The first-order valence-electron chi connectivity index (χ1n) is 6.83. The first-order chi connectivity index (χ1) is 9.58. The number of aromatic nitrogens is 2. The third-order valence-corrected chi connectivity index (χ3v) is 4.46. The Labute approximate surface area is 123 Å². The molecule has 5 nitrogen and oxygen atoms in total. The highest BCUT2D eigenvalue weighted by Gasteiger charge is 2.52. The van der Waals surface area contributed by atoms with Crippen LogP contribution in [0.15, 0.2) is 23.6 Å². The van der Waals surface area contributed by atoms with Crippen molar-refractivity contribution in [2.45, 2.75) is 43.3 Å². The smallest absolute Gasteiger partial charge is 0.327 e. The summed E-state index contributed by atoms with van der Waals surface area (Å²) in [7, 11) is 1.45. The normalized spacial score (nSPS) is 17.8. The van der Waals surface area contributed by atoms with Crippen LogP contribution in [0.1, 0.15) is 26.7 Å². The van der Waals surface area contributed by atoms with Gasteiger partial charge in [0.1, 0.15) is 10.6 Å². The predicted octanol–water partition coefficient (Wildman–Crippen LogP) is 1.89. The van der Waals surface area contributed by atoms with Gasteiger partial charge < -0.3 is 4.74 Å². The Hall–Kier alpha value is -1.14. The summed E-state index contributed by atoms with van der Waals surface area (Å²) in [5, 5.41) is 4.26. The number of esters is 1. The number of methoxy groups -OCH3 is 1. The van der Waals surface area contributed by atoms with E-state index in [-0.39, 0.29) is 12.0 Å². The molecule has 0 aromatic carbocycles. The van der Waals surface area contributed by atoms with Crippen molar-refractivity contribution >= 4 is 17.7 Å². The van der Waals surface area contributed by atoms with Crippen LogP contribution in [0.5, 0.6) is 0 Å². The number of nitrogens with zero attached hydrogens (tertiary/aromatic N) is 2. The molecule has 20 heavy (non-hydrogen) atoms. The largest absolute Gasteiger partial charge is 0.468 e. The number of hydrogen-bond acceptors (Lipinski definition) is 6. The van der Waals surface area contributed by atoms with Gasteiger partial charge in [-0.05, 0) is 32.6 Å². The molecule has 110 valence electrons. The van der Waals surface area contributed by atoms with Crippen molar-refractivity contribution < 1.29 is 9.53 Å². The minimum Gasteiger partial charge on any atom is -0.468 e. The average molecular weight is 295 g/mol. The van der Waals surface area contributed by atoms with E-state index in [0.717, 1.165) is 17.9 Å². The summed E-state index contributed by atoms with van der Waals surface area (Å²) in [6.07, 6.45) is 7.15. The average Bonchev–Trinajstić information content (AvgIpc) is 3.28. The minimum absolute atomic E-state index is 0.176. The van der Waals surface area contributed by atoms with E-state index in [2.05, 4.69) is 15.3 Å². The van der Waals surface area contributed by atoms with Gasteiger partial charge in [0.2, 0.25) is 0 Å². The number of thioether (sulfide) groups is 1. The van der Waals surface area contributed by atoms with Crippen molar-refractivity contribution in [2.75, 3.05) is 12.9 Å². The molecule has 1 aliphatic rings. The molecule has 0 radical (unpaired) electrons. The van der Waals surface area contributed by atoms with Crippen LogP contribution in [0, 0.1) is 5.92 Å². The molecule has 1 unspecified atom stereocenters. The van der Waals surface area contributed by atoms with E-state index in [0.29, 0.717) is 11.7 Å². The third-order valence-electron chi connectivity index (χ3n) is 3.36. The zero-order chi connectivity index (χ0) is 14.6. The SMILES string of the molecule is COC(=O)C(CSc1cnccn1)(NC(C)C)C1CC1. The van der Waals surface area contributed by atoms with Crippen molar-refractivity contribution in [2.24, 2.45) is 5.92 Å². The van der Waals surface area contributed by atoms with E-state index in [9.17, 15) is 4.79 Å². The second-order valence-corrected chi connectivity index (χ2v) is 6.36. The van der Waals surface area contributed by atoms with E-state index in [1.54, 1.807) is 30.4 Å². The first kappa shape index (κ1) is 15.3. The first-order valence-corrected chi connectivity index (χ1v) is 7.82. The molecule has 1 saturated carbocycles. The van der Waals surface area contributed by atoms with Gasteiger partial charge >= 0.3 is 5.97 Å². The van der Waals surface area contributed by atoms with Gasteiger partial charge in [0, 0.05) is 24.2 Å². The summed E-state index contributed by atoms with van der Waals surface area (Å²) >= 11 is 1.54. The summed E-state index contributed by atoms with van der Waals surface area (Å²) < 4.78 is 5.06. The maximum Gasteiger partial charge on any atom is 0.327 e. The van der Waals surface area contributed by atoms with Crippen molar-refractivity contribution in [1.29, 1.82) is 0 Å². The number of rotatable bonds is 7. The molecule has 1 fully saturated rings. The van der Waals surface area contributed by atoms with Crippen molar-refractivity contribution in [3.63, 3.8) is 0 Å². The van der Waals surface area contributed by atoms with E-state index in [1.165, 1.54) is 7.11 Å². The maximum absolute atomic E-state index is 12.3. The zero-order valence-corrected chi connectivity index (χ0v) is 12.9. The summed E-state index contributed by atoms with van der Waals surface area (Å²) in [6, 6.07) is 0.220. The molecule has 2 rings (SSSR count). The monoisotopic (exact) mass is 295 g/mol. The molecular formula is C14H21N3O2S. The Morgan fingerprint density at radius 2 is 2.30 bits per heavy atom. The lowest BCUT2D eigenvalue weighted by Gasteiger charge is -2.33. The summed E-state index contributed by atoms with van der Waals surface area (Å²) in [5.74, 6) is 0.785. The molecule has 1 aromatic heterocycles. The van der Waals surface area contributed by atoms with Gasteiger partial charge in [-0.1, -0.05) is 0 Å². The number of nitrogens with one attached hydrogen (secondary N) is 1. The molecule has 1 aromatic rings. The van der Waals surface area contributed by atoms with Crippen LogP contribution in [0.3, 0.4) is 0 Å². The van der Waals surface area contributed by atoms with Crippen LogP contribution in [-0.2, 0) is 9.53 Å². The van der Waals surface area contributed by atoms with Gasteiger partial charge in [-0.2, -0.15) is 0 Å². The fraction of sp³-hybridized carbons (Fsp3) is 0.643. The second-order valence-electron chi connectivity index (χ2n) is 5.37. The van der Waals surface area contributed by atoms with Gasteiger partial charge in [-0.15, -0.1) is 11.8 Å². The fourth-order valence-corrected chi connectivity index (χ4v) is 3.47. The molecule has 1 heterocycles. The van der Waals surface area contributed by atoms with E-state index >= 15 is 0 Å². The Balaban J connectivity index is 2.14. The Kier molecular flexibility index (Phi) is 4.99. The van der Waals surface area contributed by atoms with Crippen molar-refractivity contribution in [1.82, 2.24) is 15.3 Å². The number of carbonyl (C=O) groups excluding carboxylic acids is 1. The molecular weight excluding hydrogens is 274 g/mol. The standard InChI is InChI=1S/C14H21N3O2S/c1-10(2)17-14(11-4-5-11,13(18)19-3)9-20-12-8-15-6-7-16-12/h6-8,10-11,17H,4-5,9H2,1-3H3. The van der Waals surface area contributed by atoms with Crippen LogP contribution in [-0.4, -0.2) is 40.4 Å². The highest BCUT2D eigenvalue weighted by Crippen LogP contribution is 2.43. The molecule has 6 heteroatoms. The lowest BCUT2D eigenvalue weighted by Crippen LogP contribution is -2.59. The van der Waals surface area contributed by atoms with Gasteiger partial charge in [0.15, 0.2) is 0 Å². The van der Waals surface area contributed by atoms with Crippen LogP contribution < -0.4 is 5.32 Å². The van der Waals surface area contributed by atoms with Crippen molar-refractivity contribution in [3.05, 3.63) is 18.6 Å².